The molecule has 2 aromatic carbocycles. The van der Waals surface area contributed by atoms with E-state index in [1.807, 2.05) is 0 Å². The fourth-order valence-corrected chi connectivity index (χ4v) is 6.78. The molecule has 2 aromatic rings. The first kappa shape index (κ1) is 25.3. The Morgan fingerprint density at radius 3 is 2.00 bits per heavy atom. The third-order valence-corrected chi connectivity index (χ3v) is 9.14. The Morgan fingerprint density at radius 1 is 0.735 bits per heavy atom. The lowest BCUT2D eigenvalue weighted by molar-refractivity contribution is 0.254. The molecular weight excluding hydrogens is 408 g/mol. The van der Waals surface area contributed by atoms with Gasteiger partial charge in [-0.3, -0.25) is 0 Å². The molecule has 1 atom stereocenters. The molecule has 0 saturated heterocycles. The molecule has 184 valence electrons. The molecule has 2 fully saturated rings. The van der Waals surface area contributed by atoms with Crippen molar-refractivity contribution in [3.63, 3.8) is 0 Å². The van der Waals surface area contributed by atoms with Crippen LogP contribution in [0.25, 0.3) is 0 Å². The van der Waals surface area contributed by atoms with E-state index in [2.05, 4.69) is 80.6 Å². The quantitative estimate of drug-likeness (QED) is 0.312. The highest BCUT2D eigenvalue weighted by Gasteiger charge is 2.24. The van der Waals surface area contributed by atoms with Gasteiger partial charge in [0.1, 0.15) is 0 Å². The van der Waals surface area contributed by atoms with Gasteiger partial charge in [-0.1, -0.05) is 99.4 Å². The smallest absolute Gasteiger partial charge is 0.0162 e. The summed E-state index contributed by atoms with van der Waals surface area (Å²) in [6, 6.07) is 20.9. The van der Waals surface area contributed by atoms with Crippen molar-refractivity contribution >= 4 is 0 Å². The van der Waals surface area contributed by atoms with Gasteiger partial charge in [-0.05, 0) is 111 Å². The third-order valence-electron chi connectivity index (χ3n) is 9.14. The SMILES string of the molecule is C/C=C/CCC1CCC(CCc2ccc(C3CCC(CC(C)c4ccccc4)CC3)cc2)CC1. The summed E-state index contributed by atoms with van der Waals surface area (Å²) >= 11 is 0. The summed E-state index contributed by atoms with van der Waals surface area (Å²) in [5, 5.41) is 0. The van der Waals surface area contributed by atoms with Crippen LogP contribution < -0.4 is 0 Å². The zero-order chi connectivity index (χ0) is 23.6. The van der Waals surface area contributed by atoms with E-state index in [1.54, 1.807) is 11.1 Å². The molecule has 0 bridgehead atoms. The van der Waals surface area contributed by atoms with Crippen molar-refractivity contribution in [1.82, 2.24) is 0 Å². The maximum atomic E-state index is 2.46. The van der Waals surface area contributed by atoms with E-state index in [4.69, 9.17) is 0 Å². The maximum Gasteiger partial charge on any atom is -0.0162 e. The monoisotopic (exact) mass is 456 g/mol. The fraction of sp³-hybridized carbons (Fsp3) is 0.588. The molecule has 2 saturated carbocycles. The molecule has 0 spiro atoms. The molecule has 1 unspecified atom stereocenters. The Kier molecular flexibility index (Phi) is 9.90. The lowest BCUT2D eigenvalue weighted by Gasteiger charge is -2.30. The highest BCUT2D eigenvalue weighted by Crippen LogP contribution is 2.40. The summed E-state index contributed by atoms with van der Waals surface area (Å²) in [5.74, 6) is 4.34. The van der Waals surface area contributed by atoms with E-state index >= 15 is 0 Å². The van der Waals surface area contributed by atoms with Crippen molar-refractivity contribution < 1.29 is 0 Å². The first-order valence-electron chi connectivity index (χ1n) is 14.5. The van der Waals surface area contributed by atoms with Crippen LogP contribution >= 0.6 is 0 Å². The Balaban J connectivity index is 1.15. The predicted octanol–water partition coefficient (Wildman–Crippen LogP) is 10.2. The van der Waals surface area contributed by atoms with Crippen LogP contribution in [0.2, 0.25) is 0 Å². The Hall–Kier alpha value is -1.82. The van der Waals surface area contributed by atoms with Crippen molar-refractivity contribution in [2.45, 2.75) is 109 Å². The number of aryl methyl sites for hydroxylation is 1. The van der Waals surface area contributed by atoms with E-state index < -0.39 is 0 Å². The van der Waals surface area contributed by atoms with Crippen LogP contribution in [-0.2, 0) is 6.42 Å². The van der Waals surface area contributed by atoms with Gasteiger partial charge in [0.05, 0.1) is 0 Å². The Labute approximate surface area is 210 Å². The van der Waals surface area contributed by atoms with Gasteiger partial charge in [-0.2, -0.15) is 0 Å². The van der Waals surface area contributed by atoms with E-state index in [-0.39, 0.29) is 0 Å². The number of benzene rings is 2. The van der Waals surface area contributed by atoms with E-state index in [1.165, 1.54) is 89.0 Å². The molecule has 2 aliphatic carbocycles. The standard InChI is InChI=1S/C34H48/c1-3-4-6-9-28-12-14-29(15-13-28)16-17-30-18-22-33(23-19-30)34-24-20-31(21-25-34)26-27(2)32-10-7-5-8-11-32/h3-5,7-8,10-11,18-19,22-23,27-29,31,34H,6,9,12-17,20-21,24-26H2,1-2H3/b4-3+. The van der Waals surface area contributed by atoms with Gasteiger partial charge in [0.15, 0.2) is 0 Å². The summed E-state index contributed by atoms with van der Waals surface area (Å²) in [4.78, 5) is 0. The van der Waals surface area contributed by atoms with E-state index in [0.717, 1.165) is 23.7 Å². The Bertz CT molecular complexity index is 829. The molecule has 0 nitrogen and oxygen atoms in total. The van der Waals surface area contributed by atoms with Gasteiger partial charge >= 0.3 is 0 Å². The molecule has 0 amide bonds. The Morgan fingerprint density at radius 2 is 1.35 bits per heavy atom. The second-order valence-electron chi connectivity index (χ2n) is 11.6. The van der Waals surface area contributed by atoms with Crippen LogP contribution in [0.4, 0.5) is 0 Å². The van der Waals surface area contributed by atoms with Crippen molar-refractivity contribution in [2.24, 2.45) is 17.8 Å². The fourth-order valence-electron chi connectivity index (χ4n) is 6.78. The number of rotatable bonds is 10. The lowest BCUT2D eigenvalue weighted by atomic mass is 9.75. The number of hydrogen-bond acceptors (Lipinski definition) is 0. The second kappa shape index (κ2) is 13.3. The van der Waals surface area contributed by atoms with Gasteiger partial charge in [-0.15, -0.1) is 0 Å². The normalized spacial score (nSPS) is 26.5. The molecule has 0 aromatic heterocycles. The minimum absolute atomic E-state index is 0.690. The molecule has 2 aliphatic rings. The summed E-state index contributed by atoms with van der Waals surface area (Å²) in [5.41, 5.74) is 4.67. The average molecular weight is 457 g/mol. The van der Waals surface area contributed by atoms with Gasteiger partial charge in [0.25, 0.3) is 0 Å². The lowest BCUT2D eigenvalue weighted by Crippen LogP contribution is -2.15. The van der Waals surface area contributed by atoms with Crippen LogP contribution in [0.15, 0.2) is 66.7 Å². The first-order valence-corrected chi connectivity index (χ1v) is 14.5. The van der Waals surface area contributed by atoms with Crippen LogP contribution in [-0.4, -0.2) is 0 Å². The third kappa shape index (κ3) is 7.59. The van der Waals surface area contributed by atoms with Crippen LogP contribution in [0.5, 0.6) is 0 Å². The van der Waals surface area contributed by atoms with Crippen molar-refractivity contribution in [3.8, 4) is 0 Å². The van der Waals surface area contributed by atoms with E-state index in [0.29, 0.717) is 5.92 Å². The molecule has 0 radical (unpaired) electrons. The van der Waals surface area contributed by atoms with Crippen LogP contribution in [0, 0.1) is 17.8 Å². The molecule has 34 heavy (non-hydrogen) atoms. The maximum absolute atomic E-state index is 2.46. The second-order valence-corrected chi connectivity index (χ2v) is 11.6. The summed E-state index contributed by atoms with van der Waals surface area (Å²) in [6.07, 6.45) is 22.7. The average Bonchev–Trinajstić information content (AvgIpc) is 2.90. The van der Waals surface area contributed by atoms with Gasteiger partial charge in [0, 0.05) is 0 Å². The van der Waals surface area contributed by atoms with Gasteiger partial charge < -0.3 is 0 Å². The zero-order valence-corrected chi connectivity index (χ0v) is 21.9. The first-order chi connectivity index (χ1) is 16.7. The zero-order valence-electron chi connectivity index (χ0n) is 21.9. The van der Waals surface area contributed by atoms with Gasteiger partial charge in [0.2, 0.25) is 0 Å². The predicted molar refractivity (Wildman–Crippen MR) is 148 cm³/mol. The highest BCUT2D eigenvalue weighted by molar-refractivity contribution is 5.26. The van der Waals surface area contributed by atoms with Gasteiger partial charge in [-0.25, -0.2) is 0 Å². The minimum Gasteiger partial charge on any atom is -0.0917 e. The highest BCUT2D eigenvalue weighted by atomic mass is 14.3. The number of allylic oxidation sites excluding steroid dienone is 2. The molecule has 0 N–H and O–H groups in total. The topological polar surface area (TPSA) is 0 Å². The molecule has 0 heterocycles. The van der Waals surface area contributed by atoms with Crippen LogP contribution in [0.1, 0.15) is 119 Å². The molecular formula is C34H48. The minimum atomic E-state index is 0.690. The van der Waals surface area contributed by atoms with Crippen LogP contribution in [0.3, 0.4) is 0 Å². The van der Waals surface area contributed by atoms with Crippen molar-refractivity contribution in [1.29, 1.82) is 0 Å². The largest absolute Gasteiger partial charge is 0.0917 e. The van der Waals surface area contributed by atoms with E-state index in [9.17, 15) is 0 Å². The van der Waals surface area contributed by atoms with Crippen molar-refractivity contribution in [2.75, 3.05) is 0 Å². The summed E-state index contributed by atoms with van der Waals surface area (Å²) < 4.78 is 0. The van der Waals surface area contributed by atoms with Crippen molar-refractivity contribution in [3.05, 3.63) is 83.4 Å². The molecule has 0 aliphatic heterocycles. The number of hydrogen-bond donors (Lipinski definition) is 0. The summed E-state index contributed by atoms with van der Waals surface area (Å²) in [7, 11) is 0. The molecule has 4 rings (SSSR count). The summed E-state index contributed by atoms with van der Waals surface area (Å²) in [6.45, 7) is 4.56. The molecule has 0 heteroatoms.